The number of hydrogen-bond acceptors (Lipinski definition) is 2. The van der Waals surface area contributed by atoms with Gasteiger partial charge in [-0.1, -0.05) is 67.2 Å². The first-order chi connectivity index (χ1) is 11.7. The maximum Gasteiger partial charge on any atom is 0.150 e. The molecule has 0 saturated heterocycles. The van der Waals surface area contributed by atoms with Gasteiger partial charge in [-0.15, -0.1) is 0 Å². The third-order valence-electron chi connectivity index (χ3n) is 4.59. The number of benzene rings is 3. The van der Waals surface area contributed by atoms with Crippen LogP contribution in [0.15, 0.2) is 67.2 Å². The van der Waals surface area contributed by atoms with Gasteiger partial charge in [0.15, 0.2) is 6.29 Å². The van der Waals surface area contributed by atoms with Crippen molar-refractivity contribution >= 4 is 28.6 Å². The number of carbonyl (C=O) groups excluding carboxylic acids is 1. The van der Waals surface area contributed by atoms with E-state index in [1.54, 1.807) is 0 Å². The van der Waals surface area contributed by atoms with Crippen LogP contribution in [0, 0.1) is 5.41 Å². The molecule has 0 fully saturated rings. The van der Waals surface area contributed by atoms with Crippen LogP contribution in [0.3, 0.4) is 0 Å². The number of hydrogen-bond donors (Lipinski definition) is 1. The third kappa shape index (κ3) is 2.06. The van der Waals surface area contributed by atoms with E-state index in [2.05, 4.69) is 6.58 Å². The maximum atomic E-state index is 11.3. The van der Waals surface area contributed by atoms with Crippen LogP contribution in [-0.2, 0) is 6.54 Å². The van der Waals surface area contributed by atoms with E-state index in [9.17, 15) is 4.79 Å². The SMILES string of the molecule is C=C1c2ccccc2C(=N)N1Cc1ccc(C=O)c2ccccc12. The predicted molar refractivity (Wildman–Crippen MR) is 97.2 cm³/mol. The fraction of sp³-hybridized carbons (Fsp3) is 0.0476. The number of amidine groups is 1. The van der Waals surface area contributed by atoms with Gasteiger partial charge in [-0.05, 0) is 16.3 Å². The van der Waals surface area contributed by atoms with Gasteiger partial charge in [0.2, 0.25) is 0 Å². The number of aldehydes is 1. The second-order valence-corrected chi connectivity index (χ2v) is 5.90. The summed E-state index contributed by atoms with van der Waals surface area (Å²) >= 11 is 0. The van der Waals surface area contributed by atoms with Crippen molar-refractivity contribution in [3.05, 3.63) is 89.5 Å². The molecule has 24 heavy (non-hydrogen) atoms. The lowest BCUT2D eigenvalue weighted by Crippen LogP contribution is -2.22. The Labute approximate surface area is 140 Å². The van der Waals surface area contributed by atoms with Gasteiger partial charge in [0.05, 0.1) is 6.54 Å². The zero-order valence-corrected chi connectivity index (χ0v) is 13.1. The van der Waals surface area contributed by atoms with Crippen molar-refractivity contribution in [1.82, 2.24) is 4.90 Å². The average molecular weight is 312 g/mol. The lowest BCUT2D eigenvalue weighted by Gasteiger charge is -2.21. The Kier molecular flexibility index (Phi) is 3.28. The molecule has 0 amide bonds. The second kappa shape index (κ2) is 5.46. The molecule has 0 unspecified atom stereocenters. The molecule has 0 bridgehead atoms. The van der Waals surface area contributed by atoms with Gasteiger partial charge < -0.3 is 4.90 Å². The molecule has 0 spiro atoms. The molecule has 0 aromatic heterocycles. The molecule has 4 rings (SSSR count). The number of nitrogens with one attached hydrogen (secondary N) is 1. The van der Waals surface area contributed by atoms with E-state index in [-0.39, 0.29) is 0 Å². The van der Waals surface area contributed by atoms with Crippen molar-refractivity contribution in [3.63, 3.8) is 0 Å². The van der Waals surface area contributed by atoms with Gasteiger partial charge in [-0.3, -0.25) is 10.2 Å². The summed E-state index contributed by atoms with van der Waals surface area (Å²) < 4.78 is 0. The highest BCUT2D eigenvalue weighted by atomic mass is 16.1. The number of rotatable bonds is 3. The van der Waals surface area contributed by atoms with Crippen LogP contribution in [0.25, 0.3) is 16.5 Å². The van der Waals surface area contributed by atoms with Crippen molar-refractivity contribution in [2.24, 2.45) is 0 Å². The molecular weight excluding hydrogens is 296 g/mol. The average Bonchev–Trinajstić information content (AvgIpc) is 2.87. The predicted octanol–water partition coefficient (Wildman–Crippen LogP) is 4.46. The molecule has 1 N–H and O–H groups in total. The van der Waals surface area contributed by atoms with E-state index < -0.39 is 0 Å². The van der Waals surface area contributed by atoms with Crippen LogP contribution < -0.4 is 0 Å². The lowest BCUT2D eigenvalue weighted by atomic mass is 10.00. The van der Waals surface area contributed by atoms with Gasteiger partial charge in [-0.2, -0.15) is 0 Å². The fourth-order valence-electron chi connectivity index (χ4n) is 3.34. The summed E-state index contributed by atoms with van der Waals surface area (Å²) in [4.78, 5) is 13.2. The van der Waals surface area contributed by atoms with Gasteiger partial charge in [0.25, 0.3) is 0 Å². The Balaban J connectivity index is 1.78. The Hall–Kier alpha value is -3.20. The molecule has 3 heteroatoms. The first-order valence-corrected chi connectivity index (χ1v) is 7.81. The Morgan fingerprint density at radius 3 is 2.29 bits per heavy atom. The third-order valence-corrected chi connectivity index (χ3v) is 4.59. The highest BCUT2D eigenvalue weighted by Gasteiger charge is 2.27. The van der Waals surface area contributed by atoms with E-state index in [0.717, 1.165) is 39.4 Å². The minimum absolute atomic E-state index is 0.471. The van der Waals surface area contributed by atoms with Gasteiger partial charge >= 0.3 is 0 Å². The summed E-state index contributed by atoms with van der Waals surface area (Å²) in [6, 6.07) is 19.6. The van der Waals surface area contributed by atoms with E-state index in [0.29, 0.717) is 17.9 Å². The monoisotopic (exact) mass is 312 g/mol. The molecule has 1 aliphatic rings. The summed E-state index contributed by atoms with van der Waals surface area (Å²) in [7, 11) is 0. The van der Waals surface area contributed by atoms with Crippen LogP contribution in [0.2, 0.25) is 0 Å². The van der Waals surface area contributed by atoms with Crippen molar-refractivity contribution in [1.29, 1.82) is 5.41 Å². The quantitative estimate of drug-likeness (QED) is 0.725. The molecular formula is C21H16N2O. The van der Waals surface area contributed by atoms with Crippen LogP contribution in [0.4, 0.5) is 0 Å². The zero-order chi connectivity index (χ0) is 16.7. The van der Waals surface area contributed by atoms with Gasteiger partial charge in [0, 0.05) is 22.4 Å². The van der Waals surface area contributed by atoms with Crippen LogP contribution >= 0.6 is 0 Å². The number of carbonyl (C=O) groups is 1. The zero-order valence-electron chi connectivity index (χ0n) is 13.1. The highest BCUT2D eigenvalue weighted by Crippen LogP contribution is 2.33. The largest absolute Gasteiger partial charge is 0.322 e. The van der Waals surface area contributed by atoms with E-state index in [1.807, 2.05) is 65.6 Å². The molecule has 3 aromatic carbocycles. The highest BCUT2D eigenvalue weighted by molar-refractivity contribution is 6.10. The Morgan fingerprint density at radius 1 is 0.917 bits per heavy atom. The molecule has 0 saturated carbocycles. The minimum atomic E-state index is 0.471. The minimum Gasteiger partial charge on any atom is -0.322 e. The summed E-state index contributed by atoms with van der Waals surface area (Å²) in [5.74, 6) is 0.471. The molecule has 0 atom stereocenters. The fourth-order valence-corrected chi connectivity index (χ4v) is 3.34. The molecule has 3 aromatic rings. The smallest absolute Gasteiger partial charge is 0.150 e. The Bertz CT molecular complexity index is 969. The van der Waals surface area contributed by atoms with Gasteiger partial charge in [0.1, 0.15) is 5.84 Å². The van der Waals surface area contributed by atoms with E-state index in [4.69, 9.17) is 5.41 Å². The van der Waals surface area contributed by atoms with Crippen molar-refractivity contribution in [2.75, 3.05) is 0 Å². The first-order valence-electron chi connectivity index (χ1n) is 7.81. The summed E-state index contributed by atoms with van der Waals surface area (Å²) in [6.45, 7) is 4.73. The topological polar surface area (TPSA) is 44.2 Å². The normalized spacial score (nSPS) is 13.4. The maximum absolute atomic E-state index is 11.3. The lowest BCUT2D eigenvalue weighted by molar-refractivity contribution is 0.112. The second-order valence-electron chi connectivity index (χ2n) is 5.90. The Morgan fingerprint density at radius 2 is 1.58 bits per heavy atom. The van der Waals surface area contributed by atoms with Crippen LogP contribution in [0.5, 0.6) is 0 Å². The van der Waals surface area contributed by atoms with Gasteiger partial charge in [-0.25, -0.2) is 0 Å². The summed E-state index contributed by atoms with van der Waals surface area (Å²) in [5.41, 5.74) is 4.54. The first kappa shape index (κ1) is 14.4. The van der Waals surface area contributed by atoms with Crippen molar-refractivity contribution in [2.45, 2.75) is 6.54 Å². The standard InChI is InChI=1S/C21H16N2O/c1-14-17-6-2-5-9-20(17)21(22)23(14)12-15-10-11-16(13-24)19-8-4-3-7-18(15)19/h2-11,13,22H,1,12H2. The molecule has 1 aliphatic heterocycles. The molecule has 3 nitrogen and oxygen atoms in total. The van der Waals surface area contributed by atoms with Crippen LogP contribution in [-0.4, -0.2) is 17.0 Å². The van der Waals surface area contributed by atoms with Crippen molar-refractivity contribution in [3.8, 4) is 0 Å². The number of fused-ring (bicyclic) bond motifs is 2. The summed E-state index contributed by atoms with van der Waals surface area (Å²) in [5, 5.41) is 10.4. The molecule has 0 radical (unpaired) electrons. The number of nitrogens with zero attached hydrogens (tertiary/aromatic N) is 1. The molecule has 0 aliphatic carbocycles. The van der Waals surface area contributed by atoms with E-state index >= 15 is 0 Å². The van der Waals surface area contributed by atoms with E-state index in [1.165, 1.54) is 0 Å². The molecule has 116 valence electrons. The summed E-state index contributed by atoms with van der Waals surface area (Å²) in [6.07, 6.45) is 0.888. The molecule has 1 heterocycles. The van der Waals surface area contributed by atoms with Crippen LogP contribution in [0.1, 0.15) is 27.0 Å². The van der Waals surface area contributed by atoms with Crippen molar-refractivity contribution < 1.29 is 4.79 Å².